The predicted molar refractivity (Wildman–Crippen MR) is 57.2 cm³/mol. The van der Waals surface area contributed by atoms with E-state index in [4.69, 9.17) is 0 Å². The van der Waals surface area contributed by atoms with Gasteiger partial charge in [-0.2, -0.15) is 0 Å². The second-order valence-electron chi connectivity index (χ2n) is 4.24. The van der Waals surface area contributed by atoms with Gasteiger partial charge in [0.1, 0.15) is 12.0 Å². The number of nitrogens with zero attached hydrogens (tertiary/aromatic N) is 2. The number of aryl methyl sites for hydroxylation is 1. The van der Waals surface area contributed by atoms with Crippen LogP contribution in [0.15, 0.2) is 12.4 Å². The molecular formula is C11H18FN3. The van der Waals surface area contributed by atoms with Gasteiger partial charge in [0.05, 0.1) is 6.54 Å². The molecule has 15 heavy (non-hydrogen) atoms. The summed E-state index contributed by atoms with van der Waals surface area (Å²) in [6.07, 6.45) is 6.82. The minimum Gasteiger partial charge on any atom is -0.337 e. The molecule has 1 fully saturated rings. The molecule has 1 aliphatic rings. The molecule has 4 heteroatoms. The summed E-state index contributed by atoms with van der Waals surface area (Å²) in [5.41, 5.74) is 0. The van der Waals surface area contributed by atoms with Crippen LogP contribution in [0.3, 0.4) is 0 Å². The van der Waals surface area contributed by atoms with E-state index >= 15 is 0 Å². The number of aromatic nitrogens is 2. The van der Waals surface area contributed by atoms with Crippen molar-refractivity contribution in [3.63, 3.8) is 0 Å². The Morgan fingerprint density at radius 3 is 3.00 bits per heavy atom. The normalized spacial score (nSPS) is 26.8. The van der Waals surface area contributed by atoms with Crippen LogP contribution in [-0.2, 0) is 13.6 Å². The zero-order valence-electron chi connectivity index (χ0n) is 9.12. The van der Waals surface area contributed by atoms with E-state index in [2.05, 4.69) is 10.3 Å². The molecule has 1 aliphatic carbocycles. The highest BCUT2D eigenvalue weighted by atomic mass is 19.1. The highest BCUT2D eigenvalue weighted by Gasteiger charge is 2.24. The first kappa shape index (κ1) is 10.6. The fourth-order valence-electron chi connectivity index (χ4n) is 2.10. The fourth-order valence-corrected chi connectivity index (χ4v) is 2.10. The number of imidazole rings is 1. The first-order valence-corrected chi connectivity index (χ1v) is 5.61. The molecule has 0 bridgehead atoms. The Morgan fingerprint density at radius 2 is 2.33 bits per heavy atom. The summed E-state index contributed by atoms with van der Waals surface area (Å²) >= 11 is 0. The summed E-state index contributed by atoms with van der Waals surface area (Å²) in [5, 5.41) is 3.26. The van der Waals surface area contributed by atoms with E-state index < -0.39 is 6.17 Å². The van der Waals surface area contributed by atoms with Crippen LogP contribution < -0.4 is 5.32 Å². The first-order chi connectivity index (χ1) is 7.27. The molecule has 0 aromatic carbocycles. The van der Waals surface area contributed by atoms with Crippen LogP contribution in [0.1, 0.15) is 31.5 Å². The highest BCUT2D eigenvalue weighted by molar-refractivity contribution is 4.92. The van der Waals surface area contributed by atoms with Crippen molar-refractivity contribution in [1.29, 1.82) is 0 Å². The van der Waals surface area contributed by atoms with Crippen LogP contribution in [0.5, 0.6) is 0 Å². The van der Waals surface area contributed by atoms with Gasteiger partial charge in [-0.25, -0.2) is 9.37 Å². The summed E-state index contributed by atoms with van der Waals surface area (Å²) in [7, 11) is 1.96. The van der Waals surface area contributed by atoms with E-state index in [0.29, 0.717) is 13.0 Å². The number of alkyl halides is 1. The zero-order valence-corrected chi connectivity index (χ0v) is 9.12. The molecule has 2 rings (SSSR count). The monoisotopic (exact) mass is 211 g/mol. The third kappa shape index (κ3) is 2.56. The van der Waals surface area contributed by atoms with Gasteiger partial charge in [-0.3, -0.25) is 0 Å². The van der Waals surface area contributed by atoms with Crippen molar-refractivity contribution in [2.24, 2.45) is 7.05 Å². The van der Waals surface area contributed by atoms with Crippen molar-refractivity contribution >= 4 is 0 Å². The largest absolute Gasteiger partial charge is 0.337 e. The lowest BCUT2D eigenvalue weighted by atomic mass is 9.94. The maximum atomic E-state index is 13.5. The molecule has 1 heterocycles. The van der Waals surface area contributed by atoms with Crippen LogP contribution in [0.2, 0.25) is 0 Å². The SMILES string of the molecule is Cn1ccnc1CN[C@@H]1CCCC[C@H]1F. The summed E-state index contributed by atoms with van der Waals surface area (Å²) in [6, 6.07) is 0.0236. The van der Waals surface area contributed by atoms with Crippen LogP contribution in [0.25, 0.3) is 0 Å². The summed E-state index contributed by atoms with van der Waals surface area (Å²) < 4.78 is 15.4. The molecule has 1 aromatic heterocycles. The Labute approximate surface area is 89.7 Å². The number of hydrogen-bond acceptors (Lipinski definition) is 2. The van der Waals surface area contributed by atoms with Crippen LogP contribution >= 0.6 is 0 Å². The molecule has 0 spiro atoms. The Kier molecular flexibility index (Phi) is 3.36. The van der Waals surface area contributed by atoms with Gasteiger partial charge in [0.25, 0.3) is 0 Å². The summed E-state index contributed by atoms with van der Waals surface area (Å²) in [6.45, 7) is 0.661. The Hall–Kier alpha value is -0.900. The molecule has 0 radical (unpaired) electrons. The molecule has 0 unspecified atom stereocenters. The molecule has 1 saturated carbocycles. The smallest absolute Gasteiger partial charge is 0.122 e. The Morgan fingerprint density at radius 1 is 1.53 bits per heavy atom. The zero-order chi connectivity index (χ0) is 10.7. The maximum absolute atomic E-state index is 13.5. The predicted octanol–water partition coefficient (Wildman–Crippen LogP) is 1.79. The topological polar surface area (TPSA) is 29.9 Å². The number of rotatable bonds is 3. The van der Waals surface area contributed by atoms with E-state index in [1.54, 1.807) is 6.20 Å². The average Bonchev–Trinajstić information content (AvgIpc) is 2.63. The molecule has 2 atom stereocenters. The average molecular weight is 211 g/mol. The van der Waals surface area contributed by atoms with Crippen molar-refractivity contribution in [3.05, 3.63) is 18.2 Å². The summed E-state index contributed by atoms with van der Waals surface area (Å²) in [5.74, 6) is 0.966. The molecule has 3 nitrogen and oxygen atoms in total. The van der Waals surface area contributed by atoms with Gasteiger partial charge in [-0.05, 0) is 12.8 Å². The van der Waals surface area contributed by atoms with Crippen molar-refractivity contribution in [1.82, 2.24) is 14.9 Å². The van der Waals surface area contributed by atoms with Gasteiger partial charge in [0.15, 0.2) is 0 Å². The van der Waals surface area contributed by atoms with Crippen LogP contribution in [0.4, 0.5) is 4.39 Å². The van der Waals surface area contributed by atoms with Crippen molar-refractivity contribution in [2.45, 2.75) is 44.4 Å². The minimum atomic E-state index is -0.681. The maximum Gasteiger partial charge on any atom is 0.122 e. The van der Waals surface area contributed by atoms with Crippen molar-refractivity contribution < 1.29 is 4.39 Å². The number of halogens is 1. The molecule has 0 saturated heterocycles. The van der Waals surface area contributed by atoms with E-state index in [1.807, 2.05) is 17.8 Å². The van der Waals surface area contributed by atoms with Gasteiger partial charge >= 0.3 is 0 Å². The lowest BCUT2D eigenvalue weighted by molar-refractivity contribution is 0.187. The van der Waals surface area contributed by atoms with Gasteiger partial charge in [-0.15, -0.1) is 0 Å². The van der Waals surface area contributed by atoms with Crippen molar-refractivity contribution in [2.75, 3.05) is 0 Å². The fraction of sp³-hybridized carbons (Fsp3) is 0.727. The van der Waals surface area contributed by atoms with Crippen LogP contribution in [-0.4, -0.2) is 21.8 Å². The second kappa shape index (κ2) is 4.75. The number of nitrogens with one attached hydrogen (secondary N) is 1. The van der Waals surface area contributed by atoms with Gasteiger partial charge in [-0.1, -0.05) is 12.8 Å². The van der Waals surface area contributed by atoms with Gasteiger partial charge in [0, 0.05) is 25.5 Å². The Balaban J connectivity index is 1.84. The Bertz CT molecular complexity index is 311. The molecule has 0 aliphatic heterocycles. The lowest BCUT2D eigenvalue weighted by Gasteiger charge is -2.26. The third-order valence-corrected chi connectivity index (χ3v) is 3.12. The molecule has 84 valence electrons. The highest BCUT2D eigenvalue weighted by Crippen LogP contribution is 2.21. The van der Waals surface area contributed by atoms with E-state index in [1.165, 1.54) is 0 Å². The van der Waals surface area contributed by atoms with E-state index in [-0.39, 0.29) is 6.04 Å². The molecule has 1 aromatic rings. The van der Waals surface area contributed by atoms with Gasteiger partial charge < -0.3 is 9.88 Å². The lowest BCUT2D eigenvalue weighted by Crippen LogP contribution is -2.39. The molecular weight excluding hydrogens is 193 g/mol. The second-order valence-corrected chi connectivity index (χ2v) is 4.24. The quantitative estimate of drug-likeness (QED) is 0.826. The van der Waals surface area contributed by atoms with Gasteiger partial charge in [0.2, 0.25) is 0 Å². The van der Waals surface area contributed by atoms with E-state index in [0.717, 1.165) is 25.1 Å². The summed E-state index contributed by atoms with van der Waals surface area (Å²) in [4.78, 5) is 4.20. The first-order valence-electron chi connectivity index (χ1n) is 5.61. The van der Waals surface area contributed by atoms with Crippen LogP contribution in [0, 0.1) is 0 Å². The molecule has 0 amide bonds. The van der Waals surface area contributed by atoms with E-state index in [9.17, 15) is 4.39 Å². The third-order valence-electron chi connectivity index (χ3n) is 3.12. The molecule has 1 N–H and O–H groups in total. The minimum absolute atomic E-state index is 0.0236. The van der Waals surface area contributed by atoms with Crippen molar-refractivity contribution in [3.8, 4) is 0 Å². The standard InChI is InChI=1S/C11H18FN3/c1-15-7-6-13-11(15)8-14-10-5-3-2-4-9(10)12/h6-7,9-10,14H,2-5,8H2,1H3/t9-,10-/m1/s1. The number of hydrogen-bond donors (Lipinski definition) is 1.